The van der Waals surface area contributed by atoms with Crippen molar-refractivity contribution in [1.82, 2.24) is 39.0 Å². The summed E-state index contributed by atoms with van der Waals surface area (Å²) in [5, 5.41) is 5.71. The second-order valence-corrected chi connectivity index (χ2v) is 29.1. The van der Waals surface area contributed by atoms with Gasteiger partial charge in [0.1, 0.15) is 0 Å². The van der Waals surface area contributed by atoms with Gasteiger partial charge >= 0.3 is 0 Å². The Labute approximate surface area is 644 Å². The van der Waals surface area contributed by atoms with Crippen LogP contribution in [0.15, 0.2) is 388 Å². The number of thiophene rings is 1. The molecule has 21 rings (SSSR count). The lowest BCUT2D eigenvalue weighted by molar-refractivity contribution is 1.17. The molecule has 6 aromatic heterocycles. The third-order valence-electron chi connectivity index (χ3n) is 21.4. The number of rotatable bonds is 14. The summed E-state index contributed by atoms with van der Waals surface area (Å²) in [5.41, 5.74) is 28.4. The van der Waals surface area contributed by atoms with E-state index in [2.05, 4.69) is 379 Å². The van der Waals surface area contributed by atoms with E-state index in [-0.39, 0.29) is 0 Å². The Morgan fingerprint density at radius 3 is 0.946 bits per heavy atom. The minimum atomic E-state index is 0.634. The standard InChI is InChI=1S/C102H64N8S/c1-9-27-66(28-10-1)91-93(68-31-13-3-14-32-68)103-100(104-94(91)69-33-15-4-16-34-69)73-45-47-74(48-46-73)101-107-97(72-39-21-7-22-40-72)99-98(108-101)85-63-75(54-60-90(85)111-99)65-49-55-80(56-50-65)110-86-44-26-25-43-81(86)82-61-76(51-57-87(82)110)77-52-58-88-83(62-77)84-64-78(53-59-89(84)109(88)79-41-23-8-24-42-79)102-105-95(70-35-17-5-18-36-70)92(67-29-11-2-12-30-67)96(106-102)71-37-19-6-20-38-71/h1-64H. The highest BCUT2D eigenvalue weighted by Gasteiger charge is 2.26. The number of nitrogens with zero attached hydrogens (tertiary/aromatic N) is 8. The minimum Gasteiger partial charge on any atom is -0.309 e. The van der Waals surface area contributed by atoms with Crippen molar-refractivity contribution in [2.75, 3.05) is 0 Å². The predicted octanol–water partition coefficient (Wildman–Crippen LogP) is 26.6. The summed E-state index contributed by atoms with van der Waals surface area (Å²) in [6.45, 7) is 0. The SMILES string of the molecule is c1ccc(-c2nc(-c3ccc(-c4nc(-c5ccccc5)c5sc6ccc(-c7ccc(-n8c9ccccc9c9cc(-c%10ccc%11c(c%10)c%10cc(-c%12nc(-c%13ccccc%13)c(-c%13ccccc%13)c(-c%13ccccc%13)n%12)ccc%10n%11-c%10ccccc%10)ccc98)cc7)cc6c5n4)cc3)nc(-c3ccccc3)c2-c2ccccc2)cc1. The molecule has 15 aromatic carbocycles. The molecule has 0 fully saturated rings. The van der Waals surface area contributed by atoms with Crippen LogP contribution in [-0.2, 0) is 0 Å². The van der Waals surface area contributed by atoms with E-state index in [9.17, 15) is 0 Å². The van der Waals surface area contributed by atoms with E-state index in [1.165, 1.54) is 10.8 Å². The smallest absolute Gasteiger partial charge is 0.160 e. The first-order valence-corrected chi connectivity index (χ1v) is 38.2. The number of aromatic nitrogens is 8. The van der Waals surface area contributed by atoms with Gasteiger partial charge in [-0.15, -0.1) is 11.3 Å². The van der Waals surface area contributed by atoms with Gasteiger partial charge < -0.3 is 9.13 Å². The fourth-order valence-corrected chi connectivity index (χ4v) is 17.2. The average Bonchev–Trinajstić information content (AvgIpc) is 1.60. The van der Waals surface area contributed by atoms with E-state index in [0.717, 1.165) is 182 Å². The second kappa shape index (κ2) is 27.3. The molecule has 21 aromatic rings. The van der Waals surface area contributed by atoms with Crippen molar-refractivity contribution in [2.45, 2.75) is 0 Å². The molecule has 8 nitrogen and oxygen atoms in total. The molecule has 0 saturated carbocycles. The van der Waals surface area contributed by atoms with E-state index >= 15 is 0 Å². The molecule has 518 valence electrons. The summed E-state index contributed by atoms with van der Waals surface area (Å²) in [6.07, 6.45) is 0. The fraction of sp³-hybridized carbons (Fsp3) is 0. The van der Waals surface area contributed by atoms with Crippen molar-refractivity contribution >= 4 is 75.3 Å². The highest BCUT2D eigenvalue weighted by atomic mass is 32.1. The van der Waals surface area contributed by atoms with Crippen LogP contribution in [0.25, 0.3) is 210 Å². The molecule has 0 aliphatic heterocycles. The first-order valence-electron chi connectivity index (χ1n) is 37.4. The van der Waals surface area contributed by atoms with Gasteiger partial charge in [-0.05, 0) is 118 Å². The van der Waals surface area contributed by atoms with E-state index in [4.69, 9.17) is 29.9 Å². The maximum atomic E-state index is 5.53. The van der Waals surface area contributed by atoms with Gasteiger partial charge in [0, 0.05) is 98.6 Å². The van der Waals surface area contributed by atoms with Crippen LogP contribution in [0.3, 0.4) is 0 Å². The van der Waals surface area contributed by atoms with E-state index in [0.29, 0.717) is 17.5 Å². The molecule has 0 spiro atoms. The molecule has 0 saturated heterocycles. The highest BCUT2D eigenvalue weighted by molar-refractivity contribution is 7.26. The molecule has 0 radical (unpaired) electrons. The lowest BCUT2D eigenvalue weighted by Gasteiger charge is -2.17. The van der Waals surface area contributed by atoms with Crippen molar-refractivity contribution in [3.63, 3.8) is 0 Å². The van der Waals surface area contributed by atoms with E-state index in [1.807, 2.05) is 18.2 Å². The van der Waals surface area contributed by atoms with Crippen LogP contribution in [-0.4, -0.2) is 39.0 Å². The van der Waals surface area contributed by atoms with Crippen LogP contribution in [0.5, 0.6) is 0 Å². The summed E-state index contributed by atoms with van der Waals surface area (Å²) in [5.74, 6) is 1.94. The molecule has 0 bridgehead atoms. The Morgan fingerprint density at radius 2 is 0.486 bits per heavy atom. The third-order valence-corrected chi connectivity index (χ3v) is 22.6. The van der Waals surface area contributed by atoms with Crippen LogP contribution in [0.4, 0.5) is 0 Å². The topological polar surface area (TPSA) is 87.2 Å². The maximum Gasteiger partial charge on any atom is 0.160 e. The largest absolute Gasteiger partial charge is 0.309 e. The van der Waals surface area contributed by atoms with Crippen molar-refractivity contribution in [1.29, 1.82) is 0 Å². The molecule has 0 N–H and O–H groups in total. The number of hydrogen-bond donors (Lipinski definition) is 0. The second-order valence-electron chi connectivity index (χ2n) is 28.0. The number of benzene rings is 15. The Kier molecular flexibility index (Phi) is 15.9. The molecule has 0 atom stereocenters. The lowest BCUT2D eigenvalue weighted by Crippen LogP contribution is -2.01. The Bertz CT molecular complexity index is 6990. The molecule has 9 heteroatoms. The predicted molar refractivity (Wildman–Crippen MR) is 460 cm³/mol. The van der Waals surface area contributed by atoms with Crippen molar-refractivity contribution in [2.24, 2.45) is 0 Å². The van der Waals surface area contributed by atoms with E-state index < -0.39 is 0 Å². The third kappa shape index (κ3) is 11.5. The molecule has 6 heterocycles. The van der Waals surface area contributed by atoms with Crippen LogP contribution in [0, 0.1) is 0 Å². The molecule has 0 amide bonds. The van der Waals surface area contributed by atoms with Gasteiger partial charge in [-0.2, -0.15) is 0 Å². The molecule has 0 aliphatic rings. The zero-order valence-corrected chi connectivity index (χ0v) is 60.8. The molecule has 0 aliphatic carbocycles. The van der Waals surface area contributed by atoms with Gasteiger partial charge in [-0.25, -0.2) is 29.9 Å². The van der Waals surface area contributed by atoms with Crippen molar-refractivity contribution in [3.8, 4) is 146 Å². The minimum absolute atomic E-state index is 0.634. The molecule has 111 heavy (non-hydrogen) atoms. The summed E-state index contributed by atoms with van der Waals surface area (Å²) in [6, 6.07) is 138. The van der Waals surface area contributed by atoms with Gasteiger partial charge in [-0.3, -0.25) is 0 Å². The summed E-state index contributed by atoms with van der Waals surface area (Å²) in [7, 11) is 0. The van der Waals surface area contributed by atoms with Gasteiger partial charge in [0.25, 0.3) is 0 Å². The Hall–Kier alpha value is -14.6. The highest BCUT2D eigenvalue weighted by Crippen LogP contribution is 2.47. The van der Waals surface area contributed by atoms with Crippen LogP contribution >= 0.6 is 11.3 Å². The molecular formula is C102H64N8S. The van der Waals surface area contributed by atoms with Crippen molar-refractivity contribution in [3.05, 3.63) is 388 Å². The number of hydrogen-bond acceptors (Lipinski definition) is 7. The lowest BCUT2D eigenvalue weighted by atomic mass is 9.94. The Morgan fingerprint density at radius 1 is 0.189 bits per heavy atom. The van der Waals surface area contributed by atoms with Crippen LogP contribution in [0.2, 0.25) is 0 Å². The maximum absolute atomic E-state index is 5.53. The van der Waals surface area contributed by atoms with Gasteiger partial charge in [0.15, 0.2) is 17.5 Å². The zero-order valence-electron chi connectivity index (χ0n) is 59.9. The van der Waals surface area contributed by atoms with E-state index in [1.54, 1.807) is 11.3 Å². The molecule has 0 unspecified atom stereocenters. The average molecular weight is 1430 g/mol. The van der Waals surface area contributed by atoms with Gasteiger partial charge in [0.2, 0.25) is 0 Å². The van der Waals surface area contributed by atoms with Crippen molar-refractivity contribution < 1.29 is 0 Å². The number of fused-ring (bicyclic) bond motifs is 9. The quantitative estimate of drug-likeness (QED) is 0.108. The molecular weight excluding hydrogens is 1370 g/mol. The first kappa shape index (κ1) is 64.7. The van der Waals surface area contributed by atoms with Crippen LogP contribution in [0.1, 0.15) is 0 Å². The van der Waals surface area contributed by atoms with Gasteiger partial charge in [0.05, 0.1) is 60.8 Å². The number of para-hydroxylation sites is 2. The zero-order chi connectivity index (χ0) is 73.3. The monoisotopic (exact) mass is 1430 g/mol. The van der Waals surface area contributed by atoms with Crippen LogP contribution < -0.4 is 0 Å². The Balaban J connectivity index is 0.633. The normalized spacial score (nSPS) is 11.6. The summed E-state index contributed by atoms with van der Waals surface area (Å²) in [4.78, 5) is 32.7. The fourth-order valence-electron chi connectivity index (χ4n) is 16.1. The van der Waals surface area contributed by atoms with Gasteiger partial charge in [-0.1, -0.05) is 303 Å². The summed E-state index contributed by atoms with van der Waals surface area (Å²) >= 11 is 1.74. The first-order chi connectivity index (χ1) is 55.0. The summed E-state index contributed by atoms with van der Waals surface area (Å²) < 4.78 is 6.98.